The highest BCUT2D eigenvalue weighted by Gasteiger charge is 2.09. The normalized spacial score (nSPS) is 10.5. The van der Waals surface area contributed by atoms with E-state index in [1.54, 1.807) is 0 Å². The van der Waals surface area contributed by atoms with Crippen molar-refractivity contribution in [1.29, 1.82) is 0 Å². The lowest BCUT2D eigenvalue weighted by Crippen LogP contribution is -1.92. The second-order valence-electron chi connectivity index (χ2n) is 5.32. The second kappa shape index (κ2) is 8.15. The van der Waals surface area contributed by atoms with Crippen molar-refractivity contribution in [1.82, 2.24) is 20.0 Å². The van der Waals surface area contributed by atoms with Crippen LogP contribution in [-0.4, -0.2) is 20.0 Å². The van der Waals surface area contributed by atoms with Crippen LogP contribution in [0.1, 0.15) is 12.1 Å². The van der Waals surface area contributed by atoms with Gasteiger partial charge in [0.25, 0.3) is 6.43 Å². The fourth-order valence-electron chi connectivity index (χ4n) is 2.25. The molecule has 0 fully saturated rings. The monoisotopic (exact) mass is 356 g/mol. The Morgan fingerprint density at radius 1 is 0.885 bits per heavy atom. The zero-order chi connectivity index (χ0) is 18.4. The number of H-pyrrole nitrogens is 1. The molecule has 0 atom stereocenters. The predicted octanol–water partition coefficient (Wildman–Crippen LogP) is 5.03. The van der Waals surface area contributed by atoms with E-state index >= 15 is 0 Å². The van der Waals surface area contributed by atoms with Crippen LogP contribution in [0.25, 0.3) is 16.8 Å². The van der Waals surface area contributed by atoms with Crippen LogP contribution in [0.3, 0.4) is 0 Å². The van der Waals surface area contributed by atoms with Crippen LogP contribution >= 0.6 is 0 Å². The highest BCUT2D eigenvalue weighted by Crippen LogP contribution is 2.19. The number of nitrogens with one attached hydrogen (secondary N) is 1. The van der Waals surface area contributed by atoms with Crippen molar-refractivity contribution >= 4 is 0 Å². The molecule has 0 radical (unpaired) electrons. The maximum absolute atomic E-state index is 11.8. The average molecular weight is 356 g/mol. The third-order valence-corrected chi connectivity index (χ3v) is 3.51. The first-order valence-electron chi connectivity index (χ1n) is 7.78. The minimum absolute atomic E-state index is 0.493. The molecule has 26 heavy (non-hydrogen) atoms. The Balaban J connectivity index is 0.000000185. The Morgan fingerprint density at radius 2 is 1.54 bits per heavy atom. The van der Waals surface area contributed by atoms with E-state index in [1.807, 2.05) is 70.7 Å². The van der Waals surface area contributed by atoms with Gasteiger partial charge in [0.15, 0.2) is 0 Å². The van der Waals surface area contributed by atoms with Crippen LogP contribution in [0.5, 0.6) is 0 Å². The summed E-state index contributed by atoms with van der Waals surface area (Å²) in [5.41, 5.74) is 2.91. The van der Waals surface area contributed by atoms with Gasteiger partial charge in [-0.1, -0.05) is 48.5 Å². The van der Waals surface area contributed by atoms with Gasteiger partial charge in [0.2, 0.25) is 5.95 Å². The first kappa shape index (κ1) is 17.5. The minimum atomic E-state index is -2.68. The standard InChI is InChI=1S/C15H12N2.C4H3F3N2/c1-3-7-13(8-4-1)14-11-16-17(12-14)15-9-5-2-6-10-15;5-3-1-2(4(6)7)8-9-3/h1-12H;1,4H,(H,8,9). The van der Waals surface area contributed by atoms with Gasteiger partial charge >= 0.3 is 0 Å². The van der Waals surface area contributed by atoms with Gasteiger partial charge in [-0.15, -0.1) is 5.10 Å². The minimum Gasteiger partial charge on any atom is -0.274 e. The average Bonchev–Trinajstić information content (AvgIpc) is 3.33. The summed E-state index contributed by atoms with van der Waals surface area (Å²) in [5, 5.41) is 9.08. The fourth-order valence-corrected chi connectivity index (χ4v) is 2.25. The smallest absolute Gasteiger partial charge is 0.274 e. The summed E-state index contributed by atoms with van der Waals surface area (Å²) in [5.74, 6) is -0.912. The highest BCUT2D eigenvalue weighted by atomic mass is 19.3. The third-order valence-electron chi connectivity index (χ3n) is 3.51. The molecule has 4 rings (SSSR count). The Labute approximate surface area is 147 Å². The van der Waals surface area contributed by atoms with Crippen molar-refractivity contribution in [2.45, 2.75) is 6.43 Å². The Hall–Kier alpha value is -3.35. The number of aromatic amines is 1. The number of benzene rings is 2. The van der Waals surface area contributed by atoms with Gasteiger partial charge in [0.05, 0.1) is 11.9 Å². The Morgan fingerprint density at radius 3 is 2.08 bits per heavy atom. The zero-order valence-corrected chi connectivity index (χ0v) is 13.6. The molecular weight excluding hydrogens is 341 g/mol. The topological polar surface area (TPSA) is 46.5 Å². The molecule has 0 saturated carbocycles. The van der Waals surface area contributed by atoms with Crippen LogP contribution in [0.2, 0.25) is 0 Å². The number of hydrogen-bond acceptors (Lipinski definition) is 2. The molecule has 0 saturated heterocycles. The first-order chi connectivity index (χ1) is 12.6. The van der Waals surface area contributed by atoms with Gasteiger partial charge < -0.3 is 0 Å². The molecule has 4 nitrogen and oxygen atoms in total. The lowest BCUT2D eigenvalue weighted by Gasteiger charge is -1.99. The van der Waals surface area contributed by atoms with E-state index in [1.165, 1.54) is 5.56 Å². The molecule has 0 spiro atoms. The predicted molar refractivity (Wildman–Crippen MR) is 92.5 cm³/mol. The molecule has 4 aromatic rings. The van der Waals surface area contributed by atoms with Gasteiger partial charge in [-0.2, -0.15) is 9.49 Å². The largest absolute Gasteiger partial charge is 0.279 e. The molecule has 0 bridgehead atoms. The molecule has 2 aromatic carbocycles. The summed E-state index contributed by atoms with van der Waals surface area (Å²) in [6.07, 6.45) is 1.26. The number of para-hydroxylation sites is 1. The van der Waals surface area contributed by atoms with Gasteiger partial charge in [0, 0.05) is 17.8 Å². The summed E-state index contributed by atoms with van der Waals surface area (Å²) in [4.78, 5) is 0. The van der Waals surface area contributed by atoms with Crippen LogP contribution in [0, 0.1) is 5.95 Å². The molecule has 0 aliphatic rings. The van der Waals surface area contributed by atoms with Crippen LogP contribution in [0.15, 0.2) is 79.1 Å². The summed E-state index contributed by atoms with van der Waals surface area (Å²) in [6, 6.07) is 21.0. The van der Waals surface area contributed by atoms with E-state index in [9.17, 15) is 13.2 Å². The molecule has 132 valence electrons. The summed E-state index contributed by atoms with van der Waals surface area (Å²) < 4.78 is 36.8. The second-order valence-corrected chi connectivity index (χ2v) is 5.32. The third kappa shape index (κ3) is 4.38. The van der Waals surface area contributed by atoms with E-state index in [-0.39, 0.29) is 0 Å². The molecule has 7 heteroatoms. The number of halogens is 3. The van der Waals surface area contributed by atoms with Crippen molar-refractivity contribution in [2.75, 3.05) is 0 Å². The van der Waals surface area contributed by atoms with Crippen molar-refractivity contribution in [3.63, 3.8) is 0 Å². The summed E-state index contributed by atoms with van der Waals surface area (Å²) >= 11 is 0. The maximum atomic E-state index is 11.8. The molecule has 0 aliphatic heterocycles. The quantitative estimate of drug-likeness (QED) is 0.560. The van der Waals surface area contributed by atoms with Crippen molar-refractivity contribution in [2.24, 2.45) is 0 Å². The fraction of sp³-hybridized carbons (Fsp3) is 0.0526. The molecule has 2 heterocycles. The first-order valence-corrected chi connectivity index (χ1v) is 7.78. The number of hydrogen-bond donors (Lipinski definition) is 1. The van der Waals surface area contributed by atoms with Crippen molar-refractivity contribution in [3.8, 4) is 16.8 Å². The van der Waals surface area contributed by atoms with Gasteiger partial charge in [0.1, 0.15) is 5.69 Å². The van der Waals surface area contributed by atoms with Crippen LogP contribution in [-0.2, 0) is 0 Å². The zero-order valence-electron chi connectivity index (χ0n) is 13.6. The molecule has 1 N–H and O–H groups in total. The molecule has 2 aromatic heterocycles. The SMILES string of the molecule is Fc1cc(C(F)F)[nH]n1.c1ccc(-c2cnn(-c3ccccc3)c2)cc1. The van der Waals surface area contributed by atoms with Crippen LogP contribution in [0.4, 0.5) is 13.2 Å². The van der Waals surface area contributed by atoms with Gasteiger partial charge in [-0.25, -0.2) is 13.5 Å². The van der Waals surface area contributed by atoms with Gasteiger partial charge in [-0.05, 0) is 17.7 Å². The Bertz CT molecular complexity index is 880. The van der Waals surface area contributed by atoms with E-state index in [0.717, 1.165) is 11.3 Å². The van der Waals surface area contributed by atoms with E-state index in [2.05, 4.69) is 22.3 Å². The van der Waals surface area contributed by atoms with Crippen LogP contribution < -0.4 is 0 Å². The summed E-state index contributed by atoms with van der Waals surface area (Å²) in [6.45, 7) is 0. The molecule has 0 unspecified atom stereocenters. The molecular formula is C19H15F3N4. The lowest BCUT2D eigenvalue weighted by molar-refractivity contribution is 0.146. The summed E-state index contributed by atoms with van der Waals surface area (Å²) in [7, 11) is 0. The lowest BCUT2D eigenvalue weighted by atomic mass is 10.1. The number of rotatable bonds is 3. The number of alkyl halides is 2. The molecule has 0 aliphatic carbocycles. The highest BCUT2D eigenvalue weighted by molar-refractivity contribution is 5.61. The number of nitrogens with zero attached hydrogens (tertiary/aromatic N) is 3. The number of aromatic nitrogens is 4. The molecule has 0 amide bonds. The Kier molecular flexibility index (Phi) is 5.48. The maximum Gasteiger partial charge on any atom is 0.279 e. The van der Waals surface area contributed by atoms with Crippen molar-refractivity contribution < 1.29 is 13.2 Å². The van der Waals surface area contributed by atoms with Crippen molar-refractivity contribution in [3.05, 3.63) is 90.8 Å². The van der Waals surface area contributed by atoms with E-state index in [0.29, 0.717) is 6.07 Å². The van der Waals surface area contributed by atoms with E-state index in [4.69, 9.17) is 0 Å². The van der Waals surface area contributed by atoms with E-state index < -0.39 is 18.1 Å². The van der Waals surface area contributed by atoms with Gasteiger partial charge in [-0.3, -0.25) is 5.10 Å².